The Labute approximate surface area is 161 Å². The fourth-order valence-electron chi connectivity index (χ4n) is 2.58. The Balaban J connectivity index is 1.68. The average molecular weight is 381 g/mol. The molecule has 3 aromatic rings. The van der Waals surface area contributed by atoms with Crippen molar-refractivity contribution in [1.29, 1.82) is 0 Å². The molecule has 0 spiro atoms. The van der Waals surface area contributed by atoms with Crippen molar-refractivity contribution in [3.63, 3.8) is 0 Å². The maximum Gasteiger partial charge on any atom is 0.339 e. The van der Waals surface area contributed by atoms with E-state index in [2.05, 4.69) is 5.32 Å². The van der Waals surface area contributed by atoms with Gasteiger partial charge in [0.15, 0.2) is 0 Å². The van der Waals surface area contributed by atoms with Gasteiger partial charge in [0, 0.05) is 10.9 Å². The summed E-state index contributed by atoms with van der Waals surface area (Å²) < 4.78 is 5.50. The van der Waals surface area contributed by atoms with E-state index in [9.17, 15) is 14.7 Å². The number of anilines is 1. The van der Waals surface area contributed by atoms with Crippen LogP contribution in [-0.2, 0) is 4.79 Å². The van der Waals surface area contributed by atoms with Gasteiger partial charge in [0.1, 0.15) is 16.3 Å². The number of aryl methyl sites for hydroxylation is 1. The number of aromatic carboxylic acids is 1. The Morgan fingerprint density at radius 2 is 1.78 bits per heavy atom. The van der Waals surface area contributed by atoms with Crippen LogP contribution in [-0.4, -0.2) is 23.6 Å². The molecule has 1 amide bonds. The molecule has 0 radical (unpaired) electrons. The van der Waals surface area contributed by atoms with Gasteiger partial charge in [-0.25, -0.2) is 4.79 Å². The monoisotopic (exact) mass is 381 g/mol. The minimum Gasteiger partial charge on any atom is -0.493 e. The lowest BCUT2D eigenvalue weighted by atomic mass is 10.0. The molecule has 0 fully saturated rings. The molecule has 0 aliphatic rings. The van der Waals surface area contributed by atoms with Crippen molar-refractivity contribution in [2.24, 2.45) is 0 Å². The molecule has 0 atom stereocenters. The van der Waals surface area contributed by atoms with Crippen LogP contribution in [0, 0.1) is 6.92 Å². The van der Waals surface area contributed by atoms with E-state index in [4.69, 9.17) is 4.74 Å². The number of carbonyl (C=O) groups is 2. The maximum atomic E-state index is 12.2. The van der Waals surface area contributed by atoms with Crippen LogP contribution >= 0.6 is 11.3 Å². The predicted molar refractivity (Wildman–Crippen MR) is 107 cm³/mol. The van der Waals surface area contributed by atoms with Crippen molar-refractivity contribution >= 4 is 28.2 Å². The van der Waals surface area contributed by atoms with Gasteiger partial charge >= 0.3 is 5.97 Å². The average Bonchev–Trinajstić information content (AvgIpc) is 3.07. The molecule has 27 heavy (non-hydrogen) atoms. The summed E-state index contributed by atoms with van der Waals surface area (Å²) in [7, 11) is 0. The number of ether oxygens (including phenoxy) is 1. The van der Waals surface area contributed by atoms with E-state index in [1.54, 1.807) is 5.38 Å². The standard InChI is InChI=1S/C21H19NO4S/c1-14-7-9-15(10-8-14)17-13-27-20(19(17)21(24)25)22-18(23)11-12-26-16-5-3-2-4-6-16/h2-10,13H,11-12H2,1H3,(H,22,23)(H,24,25). The second kappa shape index (κ2) is 8.51. The summed E-state index contributed by atoms with van der Waals surface area (Å²) in [6, 6.07) is 16.8. The number of carboxylic acids is 1. The molecule has 2 N–H and O–H groups in total. The number of benzene rings is 2. The number of thiophene rings is 1. The molecule has 1 heterocycles. The van der Waals surface area contributed by atoms with Crippen LogP contribution in [0.3, 0.4) is 0 Å². The molecule has 6 heteroatoms. The summed E-state index contributed by atoms with van der Waals surface area (Å²) in [5.74, 6) is -0.664. The highest BCUT2D eigenvalue weighted by atomic mass is 32.1. The van der Waals surface area contributed by atoms with Gasteiger partial charge in [-0.2, -0.15) is 0 Å². The number of carbonyl (C=O) groups excluding carboxylic acids is 1. The summed E-state index contributed by atoms with van der Waals surface area (Å²) in [6.07, 6.45) is 0.131. The first-order valence-electron chi connectivity index (χ1n) is 8.44. The smallest absolute Gasteiger partial charge is 0.339 e. The summed E-state index contributed by atoms with van der Waals surface area (Å²) in [4.78, 5) is 23.9. The zero-order valence-corrected chi connectivity index (χ0v) is 15.6. The molecule has 138 valence electrons. The molecule has 0 aliphatic carbocycles. The molecule has 0 saturated heterocycles. The highest BCUT2D eigenvalue weighted by molar-refractivity contribution is 7.15. The number of rotatable bonds is 7. The molecular weight excluding hydrogens is 362 g/mol. The van der Waals surface area contributed by atoms with Crippen LogP contribution in [0.25, 0.3) is 11.1 Å². The lowest BCUT2D eigenvalue weighted by Crippen LogP contribution is -2.16. The van der Waals surface area contributed by atoms with E-state index >= 15 is 0 Å². The fourth-order valence-corrected chi connectivity index (χ4v) is 3.55. The van der Waals surface area contributed by atoms with Crippen molar-refractivity contribution in [2.75, 3.05) is 11.9 Å². The maximum absolute atomic E-state index is 12.2. The van der Waals surface area contributed by atoms with Crippen LogP contribution in [0.5, 0.6) is 5.75 Å². The fraction of sp³-hybridized carbons (Fsp3) is 0.143. The van der Waals surface area contributed by atoms with E-state index in [-0.39, 0.29) is 24.5 Å². The Hall–Kier alpha value is -3.12. The van der Waals surface area contributed by atoms with E-state index in [1.165, 1.54) is 11.3 Å². The van der Waals surface area contributed by atoms with E-state index in [1.807, 2.05) is 61.5 Å². The number of para-hydroxylation sites is 1. The molecule has 2 aromatic carbocycles. The highest BCUT2D eigenvalue weighted by Gasteiger charge is 2.21. The van der Waals surface area contributed by atoms with Gasteiger partial charge in [-0.1, -0.05) is 48.0 Å². The number of carboxylic acid groups (broad SMARTS) is 1. The van der Waals surface area contributed by atoms with Crippen molar-refractivity contribution in [2.45, 2.75) is 13.3 Å². The first-order chi connectivity index (χ1) is 13.0. The first kappa shape index (κ1) is 18.7. The van der Waals surface area contributed by atoms with Crippen LogP contribution in [0.2, 0.25) is 0 Å². The van der Waals surface area contributed by atoms with Crippen molar-refractivity contribution in [3.05, 3.63) is 71.1 Å². The van der Waals surface area contributed by atoms with Gasteiger partial charge in [0.25, 0.3) is 0 Å². The van der Waals surface area contributed by atoms with Crippen molar-refractivity contribution < 1.29 is 19.4 Å². The molecule has 3 rings (SSSR count). The molecule has 0 aliphatic heterocycles. The minimum absolute atomic E-state index is 0.112. The Morgan fingerprint density at radius 1 is 1.07 bits per heavy atom. The third-order valence-corrected chi connectivity index (χ3v) is 4.86. The van der Waals surface area contributed by atoms with E-state index in [0.717, 1.165) is 11.1 Å². The highest BCUT2D eigenvalue weighted by Crippen LogP contribution is 2.35. The van der Waals surface area contributed by atoms with Gasteiger partial charge in [0.05, 0.1) is 13.0 Å². The third-order valence-electron chi connectivity index (χ3n) is 3.96. The Bertz CT molecular complexity index is 933. The lowest BCUT2D eigenvalue weighted by Gasteiger charge is -2.08. The minimum atomic E-state index is -1.07. The van der Waals surface area contributed by atoms with Gasteiger partial charge in [-0.05, 0) is 24.6 Å². The lowest BCUT2D eigenvalue weighted by molar-refractivity contribution is -0.116. The van der Waals surface area contributed by atoms with Gasteiger partial charge in [0.2, 0.25) is 5.91 Å². The largest absolute Gasteiger partial charge is 0.493 e. The van der Waals surface area contributed by atoms with Crippen LogP contribution in [0.1, 0.15) is 22.3 Å². The SMILES string of the molecule is Cc1ccc(-c2csc(NC(=O)CCOc3ccccc3)c2C(=O)O)cc1. The van der Waals surface area contributed by atoms with Crippen LogP contribution in [0.15, 0.2) is 60.0 Å². The second-order valence-corrected chi connectivity index (χ2v) is 6.86. The summed E-state index contributed by atoms with van der Waals surface area (Å²) in [6.45, 7) is 2.19. The molecule has 0 saturated carbocycles. The normalized spacial score (nSPS) is 10.4. The van der Waals surface area contributed by atoms with E-state index in [0.29, 0.717) is 16.3 Å². The summed E-state index contributed by atoms with van der Waals surface area (Å²) >= 11 is 1.21. The molecule has 0 bridgehead atoms. The zero-order valence-electron chi connectivity index (χ0n) is 14.8. The number of hydrogen-bond donors (Lipinski definition) is 2. The summed E-state index contributed by atoms with van der Waals surface area (Å²) in [5, 5.41) is 14.4. The Kier molecular flexibility index (Phi) is 5.88. The molecule has 5 nitrogen and oxygen atoms in total. The summed E-state index contributed by atoms with van der Waals surface area (Å²) in [5.41, 5.74) is 2.62. The predicted octanol–water partition coefficient (Wildman–Crippen LogP) is 4.83. The third kappa shape index (κ3) is 4.74. The van der Waals surface area contributed by atoms with Gasteiger partial charge in [-0.3, -0.25) is 4.79 Å². The number of nitrogens with one attached hydrogen (secondary N) is 1. The zero-order chi connectivity index (χ0) is 19.2. The number of amides is 1. The topological polar surface area (TPSA) is 75.6 Å². The van der Waals surface area contributed by atoms with Crippen LogP contribution < -0.4 is 10.1 Å². The quantitative estimate of drug-likeness (QED) is 0.615. The van der Waals surface area contributed by atoms with E-state index < -0.39 is 5.97 Å². The van der Waals surface area contributed by atoms with Crippen molar-refractivity contribution in [3.8, 4) is 16.9 Å². The van der Waals surface area contributed by atoms with Gasteiger partial charge in [-0.15, -0.1) is 11.3 Å². The first-order valence-corrected chi connectivity index (χ1v) is 9.32. The van der Waals surface area contributed by atoms with Crippen molar-refractivity contribution in [1.82, 2.24) is 0 Å². The second-order valence-electron chi connectivity index (χ2n) is 5.98. The Morgan fingerprint density at radius 3 is 2.44 bits per heavy atom. The molecule has 0 unspecified atom stereocenters. The molecule has 1 aromatic heterocycles. The number of hydrogen-bond acceptors (Lipinski definition) is 4. The van der Waals surface area contributed by atoms with Crippen LogP contribution in [0.4, 0.5) is 5.00 Å². The van der Waals surface area contributed by atoms with Gasteiger partial charge < -0.3 is 15.2 Å². The molecular formula is C21H19NO4S.